The Morgan fingerprint density at radius 2 is 1.88 bits per heavy atom. The maximum Gasteiger partial charge on any atom is 0.214 e. The highest BCUT2D eigenvalue weighted by Gasteiger charge is 2.61. The monoisotopic (exact) mass is 354 g/mol. The Morgan fingerprint density at radius 1 is 1.25 bits per heavy atom. The standard InChI is InChI=1S/C18H23ClO5/c1-8-6-11(20)9(2)10(3)18(8)17(21)14-12(22-4)7-13(23-5)15(19)16(14)24-18/h7-11,20H,6H2,1-5H3/t8?,9?,10?,11?,18-/m0/s1. The Morgan fingerprint density at radius 3 is 2.46 bits per heavy atom. The van der Waals surface area contributed by atoms with Crippen LogP contribution < -0.4 is 14.2 Å². The number of Topliss-reactive ketones (excluding diaryl/α,β-unsaturated/α-hetero) is 1. The van der Waals surface area contributed by atoms with E-state index in [1.165, 1.54) is 14.2 Å². The van der Waals surface area contributed by atoms with Crippen molar-refractivity contribution in [2.75, 3.05) is 14.2 Å². The van der Waals surface area contributed by atoms with E-state index >= 15 is 0 Å². The van der Waals surface area contributed by atoms with Crippen LogP contribution in [0.2, 0.25) is 5.02 Å². The Kier molecular flexibility index (Phi) is 4.21. The van der Waals surface area contributed by atoms with Gasteiger partial charge in [0.05, 0.1) is 20.3 Å². The third kappa shape index (κ3) is 2.07. The average Bonchev–Trinajstić information content (AvgIpc) is 2.88. The van der Waals surface area contributed by atoms with Gasteiger partial charge in [-0.1, -0.05) is 32.4 Å². The van der Waals surface area contributed by atoms with Gasteiger partial charge in [0.1, 0.15) is 22.1 Å². The van der Waals surface area contributed by atoms with Crippen LogP contribution in [0.25, 0.3) is 0 Å². The van der Waals surface area contributed by atoms with E-state index in [9.17, 15) is 9.90 Å². The number of aliphatic hydroxyl groups is 1. The van der Waals surface area contributed by atoms with Crippen molar-refractivity contribution in [3.05, 3.63) is 16.7 Å². The number of hydrogen-bond donors (Lipinski definition) is 1. The van der Waals surface area contributed by atoms with E-state index in [1.807, 2.05) is 20.8 Å². The zero-order chi connectivity index (χ0) is 17.8. The predicted molar refractivity (Wildman–Crippen MR) is 90.4 cm³/mol. The van der Waals surface area contributed by atoms with Gasteiger partial charge < -0.3 is 19.3 Å². The summed E-state index contributed by atoms with van der Waals surface area (Å²) >= 11 is 6.40. The van der Waals surface area contributed by atoms with Crippen LogP contribution in [0.5, 0.6) is 17.2 Å². The molecule has 5 nitrogen and oxygen atoms in total. The third-order valence-corrected chi connectivity index (χ3v) is 6.20. The van der Waals surface area contributed by atoms with Crippen LogP contribution >= 0.6 is 11.6 Å². The van der Waals surface area contributed by atoms with E-state index in [-0.39, 0.29) is 28.6 Å². The molecule has 1 N–H and O–H groups in total. The van der Waals surface area contributed by atoms with Crippen LogP contribution in [0.15, 0.2) is 6.07 Å². The lowest BCUT2D eigenvalue weighted by atomic mass is 9.62. The van der Waals surface area contributed by atoms with Gasteiger partial charge in [0.25, 0.3) is 0 Å². The number of carbonyl (C=O) groups excluding carboxylic acids is 1. The fourth-order valence-electron chi connectivity index (χ4n) is 4.17. The van der Waals surface area contributed by atoms with E-state index in [0.717, 1.165) is 0 Å². The average molecular weight is 355 g/mol. The lowest BCUT2D eigenvalue weighted by Gasteiger charge is -2.47. The van der Waals surface area contributed by atoms with E-state index in [1.54, 1.807) is 6.07 Å². The Balaban J connectivity index is 2.19. The summed E-state index contributed by atoms with van der Waals surface area (Å²) in [4.78, 5) is 13.4. The first-order chi connectivity index (χ1) is 11.3. The maximum atomic E-state index is 13.4. The second kappa shape index (κ2) is 5.81. The van der Waals surface area contributed by atoms with Crippen LogP contribution in [-0.4, -0.2) is 36.8 Å². The minimum atomic E-state index is -1.04. The van der Waals surface area contributed by atoms with Gasteiger partial charge in [-0.15, -0.1) is 0 Å². The minimum absolute atomic E-state index is 0.0638. The maximum absolute atomic E-state index is 13.4. The van der Waals surface area contributed by atoms with Gasteiger partial charge in [-0.05, 0) is 12.3 Å². The molecule has 0 saturated heterocycles. The van der Waals surface area contributed by atoms with Crippen molar-refractivity contribution < 1.29 is 24.1 Å². The van der Waals surface area contributed by atoms with E-state index in [4.69, 9.17) is 25.8 Å². The molecule has 1 aliphatic carbocycles. The van der Waals surface area contributed by atoms with E-state index < -0.39 is 11.7 Å². The van der Waals surface area contributed by atoms with Crippen molar-refractivity contribution in [1.29, 1.82) is 0 Å². The van der Waals surface area contributed by atoms with Crippen LogP contribution in [0, 0.1) is 17.8 Å². The number of ketones is 1. The molecule has 1 spiro atoms. The number of aliphatic hydroxyl groups excluding tert-OH is 1. The number of halogens is 1. The number of carbonyl (C=O) groups is 1. The molecule has 4 unspecified atom stereocenters. The first-order valence-corrected chi connectivity index (χ1v) is 8.53. The second-order valence-electron chi connectivity index (χ2n) is 6.88. The van der Waals surface area contributed by atoms with Gasteiger partial charge in [0, 0.05) is 17.9 Å². The van der Waals surface area contributed by atoms with Crippen LogP contribution in [-0.2, 0) is 0 Å². The normalized spacial score (nSPS) is 34.9. The lowest BCUT2D eigenvalue weighted by molar-refractivity contribution is -0.0910. The molecule has 2 aliphatic rings. The molecule has 0 aromatic heterocycles. The first-order valence-electron chi connectivity index (χ1n) is 8.15. The highest BCUT2D eigenvalue weighted by Crippen LogP contribution is 2.56. The molecule has 1 saturated carbocycles. The molecule has 0 radical (unpaired) electrons. The van der Waals surface area contributed by atoms with Crippen LogP contribution in [0.3, 0.4) is 0 Å². The Labute approximate surface area is 146 Å². The molecule has 132 valence electrons. The van der Waals surface area contributed by atoms with Crippen molar-refractivity contribution in [2.45, 2.75) is 38.9 Å². The van der Waals surface area contributed by atoms with Crippen molar-refractivity contribution in [3.63, 3.8) is 0 Å². The molecule has 1 aliphatic heterocycles. The zero-order valence-corrected chi connectivity index (χ0v) is 15.3. The summed E-state index contributed by atoms with van der Waals surface area (Å²) in [5.74, 6) is 0.616. The van der Waals surface area contributed by atoms with Gasteiger partial charge in [-0.3, -0.25) is 4.79 Å². The fourth-order valence-corrected chi connectivity index (χ4v) is 4.43. The molecule has 1 aromatic carbocycles. The predicted octanol–water partition coefficient (Wildman–Crippen LogP) is 3.34. The number of benzene rings is 1. The molecule has 5 atom stereocenters. The highest BCUT2D eigenvalue weighted by molar-refractivity contribution is 6.35. The summed E-state index contributed by atoms with van der Waals surface area (Å²) in [7, 11) is 3.01. The zero-order valence-electron chi connectivity index (χ0n) is 14.6. The fraction of sp³-hybridized carbons (Fsp3) is 0.611. The van der Waals surface area contributed by atoms with Gasteiger partial charge in [0.15, 0.2) is 11.4 Å². The van der Waals surface area contributed by atoms with Gasteiger partial charge in [0.2, 0.25) is 5.78 Å². The molecule has 0 amide bonds. The summed E-state index contributed by atoms with van der Waals surface area (Å²) < 4.78 is 16.9. The molecule has 6 heteroatoms. The molecular formula is C18H23ClO5. The quantitative estimate of drug-likeness (QED) is 0.882. The van der Waals surface area contributed by atoms with Crippen LogP contribution in [0.1, 0.15) is 37.6 Å². The summed E-state index contributed by atoms with van der Waals surface area (Å²) in [5, 5.41) is 10.5. The van der Waals surface area contributed by atoms with Crippen LogP contribution in [0.4, 0.5) is 0 Å². The largest absolute Gasteiger partial charge is 0.496 e. The van der Waals surface area contributed by atoms with E-state index in [0.29, 0.717) is 29.2 Å². The smallest absolute Gasteiger partial charge is 0.214 e. The SMILES string of the molecule is COc1cc(OC)c2c(c1Cl)O[C@@]1(C2=O)C(C)CC(O)C(C)C1C. The van der Waals surface area contributed by atoms with Gasteiger partial charge in [-0.2, -0.15) is 0 Å². The van der Waals surface area contributed by atoms with Crippen molar-refractivity contribution in [3.8, 4) is 17.2 Å². The van der Waals surface area contributed by atoms with Crippen molar-refractivity contribution in [2.24, 2.45) is 17.8 Å². The number of methoxy groups -OCH3 is 2. The first kappa shape index (κ1) is 17.4. The lowest BCUT2D eigenvalue weighted by Crippen LogP contribution is -2.59. The molecule has 1 aromatic rings. The van der Waals surface area contributed by atoms with E-state index in [2.05, 4.69) is 0 Å². The third-order valence-electron chi connectivity index (χ3n) is 5.84. The summed E-state index contributed by atoms with van der Waals surface area (Å²) in [6.07, 6.45) is 0.0510. The second-order valence-corrected chi connectivity index (χ2v) is 7.25. The molecule has 3 rings (SSSR count). The highest BCUT2D eigenvalue weighted by atomic mass is 35.5. The van der Waals surface area contributed by atoms with Crippen molar-refractivity contribution >= 4 is 17.4 Å². The number of hydrogen-bond acceptors (Lipinski definition) is 5. The topological polar surface area (TPSA) is 65.0 Å². The van der Waals surface area contributed by atoms with Crippen molar-refractivity contribution in [1.82, 2.24) is 0 Å². The number of fused-ring (bicyclic) bond motifs is 1. The number of ether oxygens (including phenoxy) is 3. The number of rotatable bonds is 2. The van der Waals surface area contributed by atoms with Gasteiger partial charge >= 0.3 is 0 Å². The Bertz CT molecular complexity index is 688. The summed E-state index contributed by atoms with van der Waals surface area (Å²) in [6, 6.07) is 1.61. The molecule has 1 heterocycles. The molecule has 24 heavy (non-hydrogen) atoms. The summed E-state index contributed by atoms with van der Waals surface area (Å²) in [5.41, 5.74) is -0.671. The van der Waals surface area contributed by atoms with Gasteiger partial charge in [-0.25, -0.2) is 0 Å². The Hall–Kier alpha value is -1.46. The molecule has 1 fully saturated rings. The molecule has 0 bridgehead atoms. The summed E-state index contributed by atoms with van der Waals surface area (Å²) in [6.45, 7) is 5.83. The minimum Gasteiger partial charge on any atom is -0.496 e. The molecular weight excluding hydrogens is 332 g/mol.